The molecule has 29 heavy (non-hydrogen) atoms. The number of hydrogen-bond donors (Lipinski definition) is 7. The number of phenols is 1. The molecule has 4 unspecified atom stereocenters. The second-order valence-electron chi connectivity index (χ2n) is 6.49. The molecule has 0 fully saturated rings. The maximum Gasteiger partial charge on any atom is 0.325 e. The van der Waals surface area contributed by atoms with Crippen LogP contribution in [-0.2, 0) is 25.6 Å². The first-order valence-electron chi connectivity index (χ1n) is 8.84. The van der Waals surface area contributed by atoms with Crippen LogP contribution in [0, 0.1) is 0 Å². The minimum absolute atomic E-state index is 0.0253. The molecule has 0 saturated carbocycles. The normalized spacial score (nSPS) is 14.8. The highest BCUT2D eigenvalue weighted by atomic mass is 16.4. The van der Waals surface area contributed by atoms with Crippen LogP contribution >= 0.6 is 0 Å². The van der Waals surface area contributed by atoms with E-state index in [1.165, 1.54) is 26.0 Å². The van der Waals surface area contributed by atoms with Crippen LogP contribution in [0.15, 0.2) is 24.3 Å². The molecular formula is C18H26N4O7. The number of rotatable bonds is 10. The summed E-state index contributed by atoms with van der Waals surface area (Å²) in [5, 5.41) is 35.0. The molecule has 0 aliphatic heterocycles. The smallest absolute Gasteiger partial charge is 0.325 e. The molecule has 160 valence electrons. The molecule has 0 radical (unpaired) electrons. The van der Waals surface area contributed by atoms with Gasteiger partial charge in [0.25, 0.3) is 0 Å². The van der Waals surface area contributed by atoms with E-state index >= 15 is 0 Å². The van der Waals surface area contributed by atoms with Crippen molar-refractivity contribution in [3.63, 3.8) is 0 Å². The van der Waals surface area contributed by atoms with Gasteiger partial charge in [0.2, 0.25) is 17.7 Å². The number of carbonyl (C=O) groups excluding carboxylic acids is 3. The molecule has 0 spiro atoms. The molecule has 0 bridgehead atoms. The topological polar surface area (TPSA) is 191 Å². The lowest BCUT2D eigenvalue weighted by Gasteiger charge is -2.25. The Morgan fingerprint density at radius 3 is 2.07 bits per heavy atom. The molecule has 1 aromatic rings. The van der Waals surface area contributed by atoms with E-state index in [1.807, 2.05) is 0 Å². The number of phenolic OH excluding ortho intramolecular Hbond substituents is 1. The number of aliphatic hydroxyl groups excluding tert-OH is 1. The maximum atomic E-state index is 12.7. The Balaban J connectivity index is 2.96. The van der Waals surface area contributed by atoms with Crippen molar-refractivity contribution >= 4 is 23.7 Å². The van der Waals surface area contributed by atoms with E-state index in [2.05, 4.69) is 16.0 Å². The van der Waals surface area contributed by atoms with E-state index in [0.29, 0.717) is 5.56 Å². The first-order valence-corrected chi connectivity index (χ1v) is 8.84. The first kappa shape index (κ1) is 23.9. The third-order valence-corrected chi connectivity index (χ3v) is 4.01. The molecule has 1 rings (SSSR count). The molecule has 0 saturated heterocycles. The second-order valence-corrected chi connectivity index (χ2v) is 6.49. The molecule has 4 atom stereocenters. The van der Waals surface area contributed by atoms with Crippen molar-refractivity contribution in [2.75, 3.05) is 6.54 Å². The third kappa shape index (κ3) is 7.76. The molecule has 0 aromatic heterocycles. The number of carbonyl (C=O) groups is 4. The first-order chi connectivity index (χ1) is 13.5. The SMILES string of the molecule is CC(NC(=O)C(NC(=O)C(Cc1ccc(O)cc1)NC(=O)CN)C(C)O)C(=O)O. The Morgan fingerprint density at radius 2 is 1.59 bits per heavy atom. The summed E-state index contributed by atoms with van der Waals surface area (Å²) in [5.74, 6) is -3.53. The van der Waals surface area contributed by atoms with Gasteiger partial charge in [-0.25, -0.2) is 0 Å². The van der Waals surface area contributed by atoms with Crippen molar-refractivity contribution < 1.29 is 34.5 Å². The molecule has 0 heterocycles. The Morgan fingerprint density at radius 1 is 1.00 bits per heavy atom. The highest BCUT2D eigenvalue weighted by molar-refractivity contribution is 5.94. The lowest BCUT2D eigenvalue weighted by molar-refractivity contribution is -0.142. The number of carboxylic acid groups (broad SMARTS) is 1. The van der Waals surface area contributed by atoms with Gasteiger partial charge >= 0.3 is 5.97 Å². The molecule has 8 N–H and O–H groups in total. The molecule has 3 amide bonds. The van der Waals surface area contributed by atoms with Crippen molar-refractivity contribution in [3.8, 4) is 5.75 Å². The number of benzene rings is 1. The van der Waals surface area contributed by atoms with E-state index < -0.39 is 47.9 Å². The number of aromatic hydroxyl groups is 1. The zero-order chi connectivity index (χ0) is 22.1. The number of hydrogen-bond acceptors (Lipinski definition) is 7. The van der Waals surface area contributed by atoms with Crippen LogP contribution in [0.3, 0.4) is 0 Å². The highest BCUT2D eigenvalue weighted by Gasteiger charge is 2.31. The van der Waals surface area contributed by atoms with Crippen molar-refractivity contribution in [2.45, 2.75) is 44.5 Å². The van der Waals surface area contributed by atoms with Gasteiger partial charge in [0.15, 0.2) is 0 Å². The van der Waals surface area contributed by atoms with Crippen molar-refractivity contribution in [1.29, 1.82) is 0 Å². The van der Waals surface area contributed by atoms with E-state index in [-0.39, 0.29) is 18.7 Å². The second kappa shape index (κ2) is 11.0. The van der Waals surface area contributed by atoms with Gasteiger partial charge in [0.1, 0.15) is 23.9 Å². The summed E-state index contributed by atoms with van der Waals surface area (Å²) in [6.45, 7) is 2.12. The van der Waals surface area contributed by atoms with Gasteiger partial charge in [-0.1, -0.05) is 12.1 Å². The van der Waals surface area contributed by atoms with Gasteiger partial charge in [-0.3, -0.25) is 19.2 Å². The molecular weight excluding hydrogens is 384 g/mol. The summed E-state index contributed by atoms with van der Waals surface area (Å²) in [4.78, 5) is 47.5. The third-order valence-electron chi connectivity index (χ3n) is 4.01. The molecule has 0 aliphatic rings. The fourth-order valence-electron chi connectivity index (χ4n) is 2.35. The van der Waals surface area contributed by atoms with Gasteiger partial charge in [0.05, 0.1) is 12.6 Å². The van der Waals surface area contributed by atoms with E-state index in [0.717, 1.165) is 0 Å². The van der Waals surface area contributed by atoms with Crippen LogP contribution in [0.2, 0.25) is 0 Å². The minimum Gasteiger partial charge on any atom is -0.508 e. The monoisotopic (exact) mass is 410 g/mol. The van der Waals surface area contributed by atoms with Crippen LogP contribution < -0.4 is 21.7 Å². The quantitative estimate of drug-likeness (QED) is 0.227. The van der Waals surface area contributed by atoms with Crippen molar-refractivity contribution in [2.24, 2.45) is 5.73 Å². The molecule has 1 aromatic carbocycles. The molecule has 11 heteroatoms. The van der Waals surface area contributed by atoms with Gasteiger partial charge in [-0.15, -0.1) is 0 Å². The van der Waals surface area contributed by atoms with Gasteiger partial charge in [-0.2, -0.15) is 0 Å². The zero-order valence-electron chi connectivity index (χ0n) is 16.1. The van der Waals surface area contributed by atoms with Crippen LogP contribution in [-0.4, -0.2) is 69.8 Å². The molecule has 0 aliphatic carbocycles. The minimum atomic E-state index is -1.44. The largest absolute Gasteiger partial charge is 0.508 e. The van der Waals surface area contributed by atoms with E-state index in [4.69, 9.17) is 10.8 Å². The van der Waals surface area contributed by atoms with Crippen molar-refractivity contribution in [3.05, 3.63) is 29.8 Å². The lowest BCUT2D eigenvalue weighted by Crippen LogP contribution is -2.59. The Bertz CT molecular complexity index is 736. The number of nitrogens with one attached hydrogen (secondary N) is 3. The average molecular weight is 410 g/mol. The highest BCUT2D eigenvalue weighted by Crippen LogP contribution is 2.12. The predicted molar refractivity (Wildman–Crippen MR) is 102 cm³/mol. The van der Waals surface area contributed by atoms with Gasteiger partial charge < -0.3 is 37.0 Å². The number of aliphatic carboxylic acids is 1. The molecule has 11 nitrogen and oxygen atoms in total. The fraction of sp³-hybridized carbons (Fsp3) is 0.444. The standard InChI is InChI=1S/C18H26N4O7/c1-9(18(28)29)20-17(27)15(10(2)23)22-16(26)13(21-14(25)8-19)7-11-3-5-12(24)6-4-11/h3-6,9-10,13,15,23-24H,7-8,19H2,1-2H3,(H,20,27)(H,21,25)(H,22,26)(H,28,29). The Labute approximate surface area is 167 Å². The summed E-state index contributed by atoms with van der Waals surface area (Å²) in [7, 11) is 0. The number of carboxylic acids is 1. The summed E-state index contributed by atoms with van der Waals surface area (Å²) < 4.78 is 0. The lowest BCUT2D eigenvalue weighted by atomic mass is 10.0. The predicted octanol–water partition coefficient (Wildman–Crippen LogP) is -2.17. The Kier molecular flexibility index (Phi) is 9.03. The number of aliphatic hydroxyl groups is 1. The number of amides is 3. The summed E-state index contributed by atoms with van der Waals surface area (Å²) >= 11 is 0. The average Bonchev–Trinajstić information content (AvgIpc) is 2.66. The summed E-state index contributed by atoms with van der Waals surface area (Å²) in [6.07, 6.45) is -1.31. The van der Waals surface area contributed by atoms with Crippen LogP contribution in [0.5, 0.6) is 5.75 Å². The maximum absolute atomic E-state index is 12.7. The van der Waals surface area contributed by atoms with Crippen LogP contribution in [0.25, 0.3) is 0 Å². The summed E-state index contributed by atoms with van der Waals surface area (Å²) in [5.41, 5.74) is 5.89. The van der Waals surface area contributed by atoms with Gasteiger partial charge in [0, 0.05) is 6.42 Å². The van der Waals surface area contributed by atoms with Crippen molar-refractivity contribution in [1.82, 2.24) is 16.0 Å². The zero-order valence-corrected chi connectivity index (χ0v) is 16.1. The van der Waals surface area contributed by atoms with E-state index in [9.17, 15) is 29.4 Å². The summed E-state index contributed by atoms with van der Waals surface area (Å²) in [6, 6.07) is 2.13. The van der Waals surface area contributed by atoms with Crippen LogP contribution in [0.1, 0.15) is 19.4 Å². The van der Waals surface area contributed by atoms with Gasteiger partial charge in [-0.05, 0) is 31.5 Å². The Hall–Kier alpha value is -3.18. The number of nitrogens with two attached hydrogens (primary N) is 1. The van der Waals surface area contributed by atoms with E-state index in [1.54, 1.807) is 12.1 Å². The van der Waals surface area contributed by atoms with Crippen LogP contribution in [0.4, 0.5) is 0 Å². The fourth-order valence-corrected chi connectivity index (χ4v) is 2.35.